The standard InChI is InChI=1S/C12H15N5O/c1-17(2)9-5-3-8(4-6-9)15-12(18)10-7-14-16-11(10)13/h3-7H,1-2H3,(H,15,18)(H3,13,14,16). The molecule has 18 heavy (non-hydrogen) atoms. The maximum Gasteiger partial charge on any atom is 0.261 e. The first-order valence-corrected chi connectivity index (χ1v) is 5.45. The van der Waals surface area contributed by atoms with Crippen LogP contribution in [0.2, 0.25) is 0 Å². The summed E-state index contributed by atoms with van der Waals surface area (Å²) in [5.74, 6) is -0.0173. The topological polar surface area (TPSA) is 87.0 Å². The van der Waals surface area contributed by atoms with E-state index in [2.05, 4.69) is 15.5 Å². The summed E-state index contributed by atoms with van der Waals surface area (Å²) in [6.07, 6.45) is 1.40. The van der Waals surface area contributed by atoms with Crippen LogP contribution in [0.3, 0.4) is 0 Å². The molecule has 1 aromatic carbocycles. The van der Waals surface area contributed by atoms with E-state index < -0.39 is 0 Å². The third kappa shape index (κ3) is 2.42. The van der Waals surface area contributed by atoms with Crippen molar-refractivity contribution in [1.82, 2.24) is 10.2 Å². The Morgan fingerprint density at radius 2 is 2.00 bits per heavy atom. The third-order valence-electron chi connectivity index (χ3n) is 2.56. The Balaban J connectivity index is 2.10. The molecule has 0 aliphatic heterocycles. The molecule has 1 heterocycles. The molecule has 0 atom stereocenters. The van der Waals surface area contributed by atoms with Gasteiger partial charge in [0.05, 0.1) is 6.20 Å². The fourth-order valence-electron chi connectivity index (χ4n) is 1.52. The maximum absolute atomic E-state index is 11.9. The zero-order valence-electron chi connectivity index (χ0n) is 10.3. The van der Waals surface area contributed by atoms with E-state index in [9.17, 15) is 4.79 Å². The molecule has 6 nitrogen and oxygen atoms in total. The van der Waals surface area contributed by atoms with Gasteiger partial charge in [0.1, 0.15) is 11.4 Å². The summed E-state index contributed by atoms with van der Waals surface area (Å²) in [5, 5.41) is 8.98. The highest BCUT2D eigenvalue weighted by Crippen LogP contribution is 2.17. The fraction of sp³-hybridized carbons (Fsp3) is 0.167. The number of amides is 1. The first-order valence-electron chi connectivity index (χ1n) is 5.45. The number of nitrogens with two attached hydrogens (primary N) is 1. The lowest BCUT2D eigenvalue weighted by Crippen LogP contribution is -2.13. The van der Waals surface area contributed by atoms with Gasteiger partial charge in [0.25, 0.3) is 5.91 Å². The molecule has 0 aliphatic rings. The lowest BCUT2D eigenvalue weighted by atomic mass is 10.2. The third-order valence-corrected chi connectivity index (χ3v) is 2.56. The van der Waals surface area contributed by atoms with Crippen LogP contribution in [0.4, 0.5) is 17.2 Å². The van der Waals surface area contributed by atoms with Crippen LogP contribution in [0.5, 0.6) is 0 Å². The van der Waals surface area contributed by atoms with Crippen molar-refractivity contribution in [2.24, 2.45) is 0 Å². The van der Waals surface area contributed by atoms with Gasteiger partial charge in [-0.05, 0) is 24.3 Å². The molecular weight excluding hydrogens is 230 g/mol. The Hall–Kier alpha value is -2.50. The largest absolute Gasteiger partial charge is 0.383 e. The van der Waals surface area contributed by atoms with Crippen molar-refractivity contribution in [3.63, 3.8) is 0 Å². The first-order chi connectivity index (χ1) is 8.58. The maximum atomic E-state index is 11.9. The summed E-state index contributed by atoms with van der Waals surface area (Å²) in [4.78, 5) is 13.8. The first kappa shape index (κ1) is 12.0. The second-order valence-corrected chi connectivity index (χ2v) is 4.09. The molecule has 0 fully saturated rings. The van der Waals surface area contributed by atoms with Gasteiger partial charge in [0.15, 0.2) is 0 Å². The number of hydrogen-bond donors (Lipinski definition) is 3. The quantitative estimate of drug-likeness (QED) is 0.761. The van der Waals surface area contributed by atoms with Crippen LogP contribution in [0.25, 0.3) is 0 Å². The number of hydrogen-bond acceptors (Lipinski definition) is 4. The van der Waals surface area contributed by atoms with E-state index in [1.54, 1.807) is 0 Å². The summed E-state index contributed by atoms with van der Waals surface area (Å²) in [5.41, 5.74) is 7.69. The molecule has 1 amide bonds. The van der Waals surface area contributed by atoms with Gasteiger partial charge in [-0.15, -0.1) is 0 Å². The SMILES string of the molecule is CN(C)c1ccc(NC(=O)c2cn[nH]c2N)cc1. The van der Waals surface area contributed by atoms with Gasteiger partial charge in [-0.25, -0.2) is 0 Å². The van der Waals surface area contributed by atoms with E-state index in [4.69, 9.17) is 5.73 Å². The summed E-state index contributed by atoms with van der Waals surface area (Å²) >= 11 is 0. The number of H-pyrrole nitrogens is 1. The van der Waals surface area contributed by atoms with Crippen molar-refractivity contribution in [2.75, 3.05) is 30.0 Å². The van der Waals surface area contributed by atoms with Crippen LogP contribution in [-0.2, 0) is 0 Å². The van der Waals surface area contributed by atoms with Crippen molar-refractivity contribution in [3.8, 4) is 0 Å². The number of nitrogen functional groups attached to an aromatic ring is 1. The lowest BCUT2D eigenvalue weighted by Gasteiger charge is -2.12. The van der Waals surface area contributed by atoms with Gasteiger partial charge in [-0.3, -0.25) is 9.89 Å². The van der Waals surface area contributed by atoms with Gasteiger partial charge in [0, 0.05) is 25.5 Å². The van der Waals surface area contributed by atoms with Gasteiger partial charge in [-0.1, -0.05) is 0 Å². The van der Waals surface area contributed by atoms with E-state index in [0.29, 0.717) is 11.3 Å². The zero-order valence-corrected chi connectivity index (χ0v) is 10.3. The molecule has 0 aliphatic carbocycles. The fourth-order valence-corrected chi connectivity index (χ4v) is 1.52. The highest BCUT2D eigenvalue weighted by molar-refractivity contribution is 6.07. The predicted octanol–water partition coefficient (Wildman–Crippen LogP) is 1.31. The molecule has 0 saturated carbocycles. The van der Waals surface area contributed by atoms with Crippen molar-refractivity contribution >= 4 is 23.1 Å². The van der Waals surface area contributed by atoms with Crippen LogP contribution in [0.15, 0.2) is 30.5 Å². The van der Waals surface area contributed by atoms with E-state index in [-0.39, 0.29) is 11.7 Å². The Bertz CT molecular complexity index is 544. The number of rotatable bonds is 3. The summed E-state index contributed by atoms with van der Waals surface area (Å²) in [6.45, 7) is 0. The Labute approximate surface area is 105 Å². The van der Waals surface area contributed by atoms with Crippen LogP contribution in [0.1, 0.15) is 10.4 Å². The summed E-state index contributed by atoms with van der Waals surface area (Å²) in [7, 11) is 3.92. The number of anilines is 3. The highest BCUT2D eigenvalue weighted by atomic mass is 16.1. The zero-order chi connectivity index (χ0) is 13.1. The van der Waals surface area contributed by atoms with Crippen molar-refractivity contribution in [2.45, 2.75) is 0 Å². The minimum atomic E-state index is -0.279. The second kappa shape index (κ2) is 4.79. The Morgan fingerprint density at radius 3 is 2.50 bits per heavy atom. The number of nitrogens with one attached hydrogen (secondary N) is 2. The number of benzene rings is 1. The highest BCUT2D eigenvalue weighted by Gasteiger charge is 2.11. The van der Waals surface area contributed by atoms with Crippen molar-refractivity contribution in [3.05, 3.63) is 36.0 Å². The van der Waals surface area contributed by atoms with E-state index in [1.165, 1.54) is 6.20 Å². The average molecular weight is 245 g/mol. The Kier molecular flexibility index (Phi) is 3.18. The predicted molar refractivity (Wildman–Crippen MR) is 71.7 cm³/mol. The summed E-state index contributed by atoms with van der Waals surface area (Å²) in [6, 6.07) is 7.52. The van der Waals surface area contributed by atoms with Gasteiger partial charge < -0.3 is 16.0 Å². The number of carbonyl (C=O) groups excluding carboxylic acids is 1. The van der Waals surface area contributed by atoms with E-state index in [0.717, 1.165) is 5.69 Å². The molecule has 1 aromatic heterocycles. The van der Waals surface area contributed by atoms with Crippen LogP contribution >= 0.6 is 0 Å². The van der Waals surface area contributed by atoms with E-state index >= 15 is 0 Å². The van der Waals surface area contributed by atoms with Crippen molar-refractivity contribution < 1.29 is 4.79 Å². The molecule has 4 N–H and O–H groups in total. The van der Waals surface area contributed by atoms with Crippen molar-refractivity contribution in [1.29, 1.82) is 0 Å². The second-order valence-electron chi connectivity index (χ2n) is 4.09. The average Bonchev–Trinajstić information content (AvgIpc) is 2.76. The molecular formula is C12H15N5O. The molecule has 94 valence electrons. The molecule has 2 rings (SSSR count). The van der Waals surface area contributed by atoms with Crippen LogP contribution in [0, 0.1) is 0 Å². The molecule has 0 radical (unpaired) electrons. The minimum absolute atomic E-state index is 0.261. The molecule has 0 unspecified atom stereocenters. The number of aromatic nitrogens is 2. The minimum Gasteiger partial charge on any atom is -0.383 e. The normalized spacial score (nSPS) is 10.1. The monoisotopic (exact) mass is 245 g/mol. The van der Waals surface area contributed by atoms with Crippen LogP contribution in [-0.4, -0.2) is 30.2 Å². The molecule has 2 aromatic rings. The summed E-state index contributed by atoms with van der Waals surface area (Å²) < 4.78 is 0. The number of aromatic amines is 1. The molecule has 6 heteroatoms. The number of nitrogens with zero attached hydrogens (tertiary/aromatic N) is 2. The Morgan fingerprint density at radius 1 is 1.33 bits per heavy atom. The van der Waals surface area contributed by atoms with Crippen LogP contribution < -0.4 is 16.0 Å². The smallest absolute Gasteiger partial charge is 0.261 e. The molecule has 0 spiro atoms. The number of carbonyl (C=O) groups is 1. The lowest BCUT2D eigenvalue weighted by molar-refractivity contribution is 0.102. The van der Waals surface area contributed by atoms with Gasteiger partial charge in [-0.2, -0.15) is 5.10 Å². The van der Waals surface area contributed by atoms with E-state index in [1.807, 2.05) is 43.3 Å². The van der Waals surface area contributed by atoms with Gasteiger partial charge in [0.2, 0.25) is 0 Å². The van der Waals surface area contributed by atoms with Gasteiger partial charge >= 0.3 is 0 Å². The molecule has 0 bridgehead atoms. The molecule has 0 saturated heterocycles.